The topological polar surface area (TPSA) is 31.4 Å². The molecule has 0 amide bonds. The lowest BCUT2D eigenvalue weighted by Gasteiger charge is -2.05. The van der Waals surface area contributed by atoms with Gasteiger partial charge in [0.15, 0.2) is 0 Å². The van der Waals surface area contributed by atoms with Gasteiger partial charge in [0.25, 0.3) is 0 Å². The molecule has 2 heterocycles. The summed E-state index contributed by atoms with van der Waals surface area (Å²) in [5, 5.41) is 0. The van der Waals surface area contributed by atoms with Crippen LogP contribution in [0.25, 0.3) is 0 Å². The van der Waals surface area contributed by atoms with Crippen molar-refractivity contribution in [1.82, 2.24) is 4.98 Å². The number of ether oxygens (including phenoxy) is 2. The summed E-state index contributed by atoms with van der Waals surface area (Å²) in [6.45, 7) is 1.07. The van der Waals surface area contributed by atoms with E-state index in [1.54, 1.807) is 12.4 Å². The first-order valence-electron chi connectivity index (χ1n) is 3.56. The van der Waals surface area contributed by atoms with Crippen LogP contribution in [0.1, 0.15) is 11.7 Å². The maximum absolute atomic E-state index is 5.29. The molecule has 2 rings (SSSR count). The summed E-state index contributed by atoms with van der Waals surface area (Å²) in [5.41, 5.74) is 1.14. The largest absolute Gasteiger partial charge is 0.352 e. The van der Waals surface area contributed by atoms with Gasteiger partial charge in [0.2, 0.25) is 0 Å². The van der Waals surface area contributed by atoms with Crippen LogP contribution >= 0.6 is 0 Å². The molecular weight excluding hydrogens is 142 g/mol. The van der Waals surface area contributed by atoms with Gasteiger partial charge in [-0.1, -0.05) is 0 Å². The van der Waals surface area contributed by atoms with Crippen molar-refractivity contribution in [3.05, 3.63) is 30.1 Å². The quantitative estimate of drug-likeness (QED) is 0.602. The molecule has 1 aromatic heterocycles. The third-order valence-corrected chi connectivity index (χ3v) is 1.70. The molecule has 58 valence electrons. The third kappa shape index (κ3) is 1.39. The zero-order chi connectivity index (χ0) is 7.52. The monoisotopic (exact) mass is 151 g/mol. The summed E-state index contributed by atoms with van der Waals surface area (Å²) < 4.78 is 10.4. The second-order valence-electron chi connectivity index (χ2n) is 2.42. The van der Waals surface area contributed by atoms with Crippen molar-refractivity contribution in [3.63, 3.8) is 0 Å². The minimum Gasteiger partial charge on any atom is -0.352 e. The van der Waals surface area contributed by atoms with E-state index in [9.17, 15) is 0 Å². The fourth-order valence-electron chi connectivity index (χ4n) is 1.10. The minimum atomic E-state index is 0.109. The van der Waals surface area contributed by atoms with Crippen molar-refractivity contribution in [2.24, 2.45) is 0 Å². The van der Waals surface area contributed by atoms with Crippen LogP contribution < -0.4 is 0 Å². The Hall–Kier alpha value is -0.930. The Bertz CT molecular complexity index is 219. The summed E-state index contributed by atoms with van der Waals surface area (Å²) in [4.78, 5) is 3.92. The fourth-order valence-corrected chi connectivity index (χ4v) is 1.10. The Labute approximate surface area is 65.0 Å². The van der Waals surface area contributed by atoms with Gasteiger partial charge in [0, 0.05) is 12.4 Å². The van der Waals surface area contributed by atoms with Crippen LogP contribution in [0.5, 0.6) is 0 Å². The molecule has 3 nitrogen and oxygen atoms in total. The van der Waals surface area contributed by atoms with E-state index in [2.05, 4.69) is 4.98 Å². The Morgan fingerprint density at radius 3 is 2.82 bits per heavy atom. The molecule has 1 aliphatic rings. The molecule has 1 saturated heterocycles. The summed E-state index contributed by atoms with van der Waals surface area (Å²) >= 11 is 0. The Balaban J connectivity index is 2.16. The molecular formula is C8H9NO2. The molecule has 11 heavy (non-hydrogen) atoms. The number of nitrogens with zero attached hydrogens (tertiary/aromatic N) is 1. The first kappa shape index (κ1) is 6.76. The second kappa shape index (κ2) is 2.98. The summed E-state index contributed by atoms with van der Waals surface area (Å²) in [5.74, 6) is 0. The molecule has 0 aliphatic carbocycles. The molecule has 0 spiro atoms. The second-order valence-corrected chi connectivity index (χ2v) is 2.42. The highest BCUT2D eigenvalue weighted by Crippen LogP contribution is 2.20. The van der Waals surface area contributed by atoms with E-state index in [1.165, 1.54) is 0 Å². The predicted molar refractivity (Wildman–Crippen MR) is 38.9 cm³/mol. The average molecular weight is 151 g/mol. The highest BCUT2D eigenvalue weighted by atomic mass is 16.7. The van der Waals surface area contributed by atoms with Crippen molar-refractivity contribution in [2.75, 3.05) is 13.4 Å². The number of hydrogen-bond donors (Lipinski definition) is 0. The maximum atomic E-state index is 5.29. The molecule has 0 aromatic carbocycles. The Morgan fingerprint density at radius 1 is 1.36 bits per heavy atom. The van der Waals surface area contributed by atoms with E-state index in [-0.39, 0.29) is 6.10 Å². The first-order valence-corrected chi connectivity index (χ1v) is 3.56. The van der Waals surface area contributed by atoms with E-state index >= 15 is 0 Å². The first-order chi connectivity index (χ1) is 5.47. The van der Waals surface area contributed by atoms with Gasteiger partial charge in [-0.2, -0.15) is 0 Å². The highest BCUT2D eigenvalue weighted by molar-refractivity contribution is 5.13. The van der Waals surface area contributed by atoms with E-state index < -0.39 is 0 Å². The van der Waals surface area contributed by atoms with Gasteiger partial charge in [-0.3, -0.25) is 4.98 Å². The van der Waals surface area contributed by atoms with Crippen LogP contribution in [0.15, 0.2) is 24.5 Å². The SMILES string of the molecule is c1cc([C@H]2COCO2)ccn1. The molecule has 1 aromatic rings. The van der Waals surface area contributed by atoms with Crippen LogP contribution in [-0.2, 0) is 9.47 Å². The summed E-state index contributed by atoms with van der Waals surface area (Å²) in [6.07, 6.45) is 3.63. The molecule has 1 aliphatic heterocycles. The standard InChI is InChI=1S/C8H9NO2/c1-3-9-4-2-7(1)8-5-10-6-11-8/h1-4,8H,5-6H2/t8-/m1/s1. The molecule has 0 bridgehead atoms. The average Bonchev–Trinajstić information content (AvgIpc) is 2.58. The van der Waals surface area contributed by atoms with Gasteiger partial charge in [0.1, 0.15) is 12.9 Å². The number of aromatic nitrogens is 1. The number of rotatable bonds is 1. The molecule has 0 unspecified atom stereocenters. The Kier molecular flexibility index (Phi) is 1.83. The van der Waals surface area contributed by atoms with E-state index in [0.29, 0.717) is 13.4 Å². The molecule has 0 saturated carbocycles. The lowest BCUT2D eigenvalue weighted by Crippen LogP contribution is -1.98. The zero-order valence-electron chi connectivity index (χ0n) is 6.06. The number of hydrogen-bond acceptors (Lipinski definition) is 3. The van der Waals surface area contributed by atoms with E-state index in [4.69, 9.17) is 9.47 Å². The van der Waals surface area contributed by atoms with Gasteiger partial charge in [-0.15, -0.1) is 0 Å². The lowest BCUT2D eigenvalue weighted by molar-refractivity contribution is 0.0465. The molecule has 0 N–H and O–H groups in total. The Morgan fingerprint density at radius 2 is 2.18 bits per heavy atom. The molecule has 1 atom stereocenters. The van der Waals surface area contributed by atoms with E-state index in [1.807, 2.05) is 12.1 Å². The van der Waals surface area contributed by atoms with Gasteiger partial charge in [-0.05, 0) is 17.7 Å². The van der Waals surface area contributed by atoms with Crippen molar-refractivity contribution in [1.29, 1.82) is 0 Å². The van der Waals surface area contributed by atoms with E-state index in [0.717, 1.165) is 5.56 Å². The van der Waals surface area contributed by atoms with Crippen LogP contribution in [0.4, 0.5) is 0 Å². The van der Waals surface area contributed by atoms with Gasteiger partial charge >= 0.3 is 0 Å². The van der Waals surface area contributed by atoms with Crippen LogP contribution in [0.3, 0.4) is 0 Å². The van der Waals surface area contributed by atoms with Gasteiger partial charge in [-0.25, -0.2) is 0 Å². The predicted octanol–water partition coefficient (Wildman–Crippen LogP) is 1.13. The minimum absolute atomic E-state index is 0.109. The van der Waals surface area contributed by atoms with Crippen LogP contribution in [0.2, 0.25) is 0 Å². The summed E-state index contributed by atoms with van der Waals surface area (Å²) in [7, 11) is 0. The smallest absolute Gasteiger partial charge is 0.147 e. The van der Waals surface area contributed by atoms with Crippen molar-refractivity contribution in [3.8, 4) is 0 Å². The normalized spacial score (nSPS) is 23.8. The highest BCUT2D eigenvalue weighted by Gasteiger charge is 2.17. The van der Waals surface area contributed by atoms with Gasteiger partial charge < -0.3 is 9.47 Å². The summed E-state index contributed by atoms with van der Waals surface area (Å²) in [6, 6.07) is 3.89. The maximum Gasteiger partial charge on any atom is 0.147 e. The fraction of sp³-hybridized carbons (Fsp3) is 0.375. The van der Waals surface area contributed by atoms with Crippen LogP contribution in [-0.4, -0.2) is 18.4 Å². The molecule has 1 fully saturated rings. The van der Waals surface area contributed by atoms with Crippen LogP contribution in [0, 0.1) is 0 Å². The van der Waals surface area contributed by atoms with Gasteiger partial charge in [0.05, 0.1) is 6.61 Å². The lowest BCUT2D eigenvalue weighted by atomic mass is 10.2. The van der Waals surface area contributed by atoms with Crippen molar-refractivity contribution < 1.29 is 9.47 Å². The molecule has 0 radical (unpaired) electrons. The zero-order valence-corrected chi connectivity index (χ0v) is 6.06. The van der Waals surface area contributed by atoms with Crippen molar-refractivity contribution >= 4 is 0 Å². The van der Waals surface area contributed by atoms with Crippen molar-refractivity contribution in [2.45, 2.75) is 6.10 Å². The third-order valence-electron chi connectivity index (χ3n) is 1.70. The number of pyridine rings is 1. The molecule has 3 heteroatoms.